The number of aromatic hydroxyl groups is 1. The minimum atomic E-state index is -1.59. The molecule has 0 spiro atoms. The van der Waals surface area contributed by atoms with Crippen LogP contribution in [0.3, 0.4) is 0 Å². The van der Waals surface area contributed by atoms with Crippen molar-refractivity contribution < 1.29 is 159 Å². The zero-order valence-electron chi connectivity index (χ0n) is 69.2. The first-order chi connectivity index (χ1) is 59.4. The molecular weight excluding hydrogens is 1640 g/mol. The summed E-state index contributed by atoms with van der Waals surface area (Å²) in [5.41, 5.74) is 0.262. The average Bonchev–Trinajstić information content (AvgIpc) is 1.71. The van der Waals surface area contributed by atoms with Gasteiger partial charge in [-0.25, -0.2) is 14.1 Å². The molecule has 0 saturated carbocycles. The molecule has 16 N–H and O–H groups in total. The van der Waals surface area contributed by atoms with Crippen molar-refractivity contribution in [1.82, 2.24) is 62.5 Å². The van der Waals surface area contributed by atoms with Gasteiger partial charge in [0, 0.05) is 90.4 Å². The Morgan fingerprint density at radius 3 is 1.43 bits per heavy atom. The lowest BCUT2D eigenvalue weighted by molar-refractivity contribution is -0.272. The lowest BCUT2D eigenvalue weighted by Crippen LogP contribution is -2.64. The Kier molecular flexibility index (Phi) is 46.5. The number of nitrogens with one attached hydrogen (secondary N) is 8. The summed E-state index contributed by atoms with van der Waals surface area (Å²) >= 11 is 0. The van der Waals surface area contributed by atoms with Gasteiger partial charge >= 0.3 is 0 Å². The van der Waals surface area contributed by atoms with Gasteiger partial charge in [0.1, 0.15) is 53.5 Å². The van der Waals surface area contributed by atoms with E-state index in [1.165, 1.54) is 37.6 Å². The van der Waals surface area contributed by atoms with E-state index in [0.717, 1.165) is 11.5 Å². The van der Waals surface area contributed by atoms with Crippen LogP contribution in [0.2, 0.25) is 0 Å². The highest BCUT2D eigenvalue weighted by atomic mass is 19.1. The van der Waals surface area contributed by atoms with Crippen LogP contribution in [0.4, 0.5) is 4.39 Å². The van der Waals surface area contributed by atoms with Crippen molar-refractivity contribution in [2.45, 2.75) is 151 Å². The standard InChI is InChI=1S/C78H119FN12O32/c1-49(95)84-58-39-62(99)64(43-92)121-75(58)118-34-31-111-28-25-108-22-15-80-68(102)12-19-114-46-78(47-115-20-13-69(103)81-16-23-109-26-29-112-32-35-119-76-59(85-50(2)96)40-63(100)65(44-93)122-76,48-116-21-14-70(104)82-17-24-110-27-30-113-33-36-120-77-72(86-51(3)97)74(107)73(106)66(45-94)123-77)88-71(105)41-83-67(101)5-4-18-117-54-8-10-56-52(37-54)6-9-57(87-56)60-42-91(90-89-60)53-7-11-61(98)55(79)38-53/h6-11,37-38,42,58-59,62-66,72-77,92-94,98-100,106-107H,4-5,12-36,39-41,43-48H2,1-3H3,(H,80,102)(H,81,103)(H,82,104)(H,83,101)(H,84,95)(H,85,96)(H,86,97)(H,88,105)/t58-,59-,62-,63-,64-,65-,66-,72-,73+,74-,75-,76-,77-/m1/s1. The Labute approximate surface area is 709 Å². The molecule has 3 saturated heterocycles. The van der Waals surface area contributed by atoms with E-state index < -0.39 is 159 Å². The molecule has 7 rings (SSSR count). The van der Waals surface area contributed by atoms with Crippen LogP contribution in [0.5, 0.6) is 11.5 Å². The van der Waals surface area contributed by atoms with Crippen LogP contribution in [-0.4, -0.2) is 385 Å². The number of rotatable bonds is 61. The summed E-state index contributed by atoms with van der Waals surface area (Å²) in [7, 11) is 0. The van der Waals surface area contributed by atoms with Gasteiger partial charge in [-0.2, -0.15) is 0 Å². The number of hydrogen-bond acceptors (Lipinski definition) is 35. The maximum Gasteiger partial charge on any atom is 0.240 e. The topological polar surface area (TPSA) is 586 Å². The molecule has 0 unspecified atom stereocenters. The maximum absolute atomic E-state index is 14.1. The molecule has 123 heavy (non-hydrogen) atoms. The van der Waals surface area contributed by atoms with Crippen LogP contribution in [0.15, 0.2) is 54.7 Å². The second-order valence-electron chi connectivity index (χ2n) is 28.6. The van der Waals surface area contributed by atoms with E-state index in [-0.39, 0.29) is 222 Å². The molecule has 2 aromatic carbocycles. The number of phenolic OH excluding ortho intramolecular Hbond substituents is 1. The summed E-state index contributed by atoms with van der Waals surface area (Å²) in [6.45, 7) is 2.14. The number of carbonyl (C=O) groups excluding carboxylic acids is 8. The smallest absolute Gasteiger partial charge is 0.240 e. The van der Waals surface area contributed by atoms with E-state index in [1.54, 1.807) is 30.5 Å². The Morgan fingerprint density at radius 2 is 0.951 bits per heavy atom. The second kappa shape index (κ2) is 56.4. The highest BCUT2D eigenvalue weighted by molar-refractivity contribution is 5.85. The van der Waals surface area contributed by atoms with Crippen molar-refractivity contribution in [2.75, 3.05) is 191 Å². The number of halogens is 1. The van der Waals surface area contributed by atoms with Gasteiger partial charge in [0.15, 0.2) is 30.4 Å². The van der Waals surface area contributed by atoms with Gasteiger partial charge < -0.3 is 159 Å². The van der Waals surface area contributed by atoms with E-state index >= 15 is 0 Å². The fourth-order valence-corrected chi connectivity index (χ4v) is 12.5. The first kappa shape index (κ1) is 101. The largest absolute Gasteiger partial charge is 0.505 e. The van der Waals surface area contributed by atoms with E-state index in [0.29, 0.717) is 28.3 Å². The average molecular weight is 1760 g/mol. The van der Waals surface area contributed by atoms with Gasteiger partial charge in [0.05, 0.1) is 219 Å². The van der Waals surface area contributed by atoms with Gasteiger partial charge in [-0.15, -0.1) is 5.10 Å². The molecule has 3 aliphatic rings. The molecule has 0 radical (unpaired) electrons. The predicted octanol–water partition coefficient (Wildman–Crippen LogP) is -4.94. The molecule has 0 aliphatic carbocycles. The summed E-state index contributed by atoms with van der Waals surface area (Å²) < 4.78 is 107. The molecule has 2 aromatic heterocycles. The van der Waals surface area contributed by atoms with Crippen molar-refractivity contribution in [3.8, 4) is 28.6 Å². The van der Waals surface area contributed by atoms with Gasteiger partial charge in [-0.3, -0.25) is 38.4 Å². The number of benzene rings is 2. The molecule has 13 atom stereocenters. The fourth-order valence-electron chi connectivity index (χ4n) is 12.5. The number of ether oxygens (including phenoxy) is 16. The number of nitrogens with zero attached hydrogens (tertiary/aromatic N) is 4. The molecule has 3 aliphatic heterocycles. The SMILES string of the molecule is CC(=O)N[C@H]1[C@H](OCCOCCOCCNC(=O)CCOCC(COCCC(=O)NCCOCCOCCO[C@@H]2O[C@H](CO)[C@H](O)C[C@H]2NC(C)=O)(COCCC(=O)NCCOCCOCCO[C@@H]2O[C@H](CO)[C@H](O)C[C@H]2NC(C)=O)NC(=O)CNC(=O)CCCOc2ccc3nc(-c4cn(-c5ccc(O)c(F)c5)nn4)ccc3c2)O[C@H](CO)[C@H](O)[C@@H]1O. The second-order valence-corrected chi connectivity index (χ2v) is 28.6. The molecular formula is C78H119FN12O32. The molecule has 690 valence electrons. The minimum absolute atomic E-state index is 0.0406. The number of pyridine rings is 1. The number of hydrogen-bond donors (Lipinski definition) is 16. The number of aromatic nitrogens is 4. The summed E-state index contributed by atoms with van der Waals surface area (Å²) in [4.78, 5) is 107. The molecule has 5 heterocycles. The Morgan fingerprint density at radius 1 is 0.488 bits per heavy atom. The van der Waals surface area contributed by atoms with E-state index in [1.807, 2.05) is 6.07 Å². The van der Waals surface area contributed by atoms with Crippen molar-refractivity contribution in [3.63, 3.8) is 0 Å². The molecule has 45 heteroatoms. The van der Waals surface area contributed by atoms with Gasteiger partial charge in [0.25, 0.3) is 0 Å². The van der Waals surface area contributed by atoms with Gasteiger partial charge in [-0.1, -0.05) is 11.3 Å². The van der Waals surface area contributed by atoms with Gasteiger partial charge in [-0.05, 0) is 42.8 Å². The van der Waals surface area contributed by atoms with Crippen LogP contribution in [-0.2, 0) is 109 Å². The minimum Gasteiger partial charge on any atom is -0.505 e. The lowest BCUT2D eigenvalue weighted by Gasteiger charge is -2.42. The van der Waals surface area contributed by atoms with Crippen molar-refractivity contribution in [1.29, 1.82) is 0 Å². The summed E-state index contributed by atoms with van der Waals surface area (Å²) in [5, 5.41) is 110. The molecule has 4 aromatic rings. The molecule has 8 amide bonds. The van der Waals surface area contributed by atoms with E-state index in [9.17, 15) is 83.6 Å². The number of fused-ring (bicyclic) bond motifs is 1. The van der Waals surface area contributed by atoms with Gasteiger partial charge in [0.2, 0.25) is 47.3 Å². The van der Waals surface area contributed by atoms with Crippen LogP contribution >= 0.6 is 0 Å². The normalized spacial score (nSPS) is 21.5. The zero-order chi connectivity index (χ0) is 88.7. The molecule has 0 bridgehead atoms. The maximum atomic E-state index is 14.1. The highest BCUT2D eigenvalue weighted by Crippen LogP contribution is 2.28. The van der Waals surface area contributed by atoms with Crippen LogP contribution in [0, 0.1) is 5.82 Å². The van der Waals surface area contributed by atoms with Crippen molar-refractivity contribution in [3.05, 3.63) is 60.5 Å². The number of amides is 8. The third-order valence-electron chi connectivity index (χ3n) is 18.7. The zero-order valence-corrected chi connectivity index (χ0v) is 69.2. The third-order valence-corrected chi connectivity index (χ3v) is 18.7. The van der Waals surface area contributed by atoms with Crippen LogP contribution in [0.25, 0.3) is 28.0 Å². The monoisotopic (exact) mass is 1750 g/mol. The summed E-state index contributed by atoms with van der Waals surface area (Å²) in [6, 6.07) is 10.2. The number of carbonyl (C=O) groups is 8. The Hall–Kier alpha value is -8.60. The van der Waals surface area contributed by atoms with Crippen molar-refractivity contribution in [2.24, 2.45) is 0 Å². The van der Waals surface area contributed by atoms with Crippen LogP contribution in [0.1, 0.15) is 65.7 Å². The van der Waals surface area contributed by atoms with Crippen LogP contribution < -0.4 is 47.3 Å². The number of phenols is 1. The molecule has 44 nitrogen and oxygen atoms in total. The molecule has 3 fully saturated rings. The first-order valence-corrected chi connectivity index (χ1v) is 40.6. The van der Waals surface area contributed by atoms with E-state index in [2.05, 4.69) is 57.8 Å². The Bertz CT molecular complexity index is 3740. The fraction of sp³-hybridized carbons (Fsp3) is 0.679. The summed E-state index contributed by atoms with van der Waals surface area (Å²) in [5.74, 6) is -4.51. The lowest BCUT2D eigenvalue weighted by atomic mass is 9.97. The highest BCUT2D eigenvalue weighted by Gasteiger charge is 2.46. The third kappa shape index (κ3) is 37.6. The Balaban J connectivity index is 0.888. The number of aliphatic hydroxyl groups excluding tert-OH is 7. The van der Waals surface area contributed by atoms with E-state index in [4.69, 9.17) is 75.8 Å². The van der Waals surface area contributed by atoms with Crippen molar-refractivity contribution >= 4 is 58.2 Å². The quantitative estimate of drug-likeness (QED) is 0.0184. The number of aliphatic hydroxyl groups is 7. The summed E-state index contributed by atoms with van der Waals surface area (Å²) in [6.07, 6.45) is -9.43. The first-order valence-electron chi connectivity index (χ1n) is 40.6. The predicted molar refractivity (Wildman–Crippen MR) is 424 cm³/mol.